The highest BCUT2D eigenvalue weighted by molar-refractivity contribution is 5.98. The van der Waals surface area contributed by atoms with E-state index in [1.54, 1.807) is 24.3 Å². The fourth-order valence-corrected chi connectivity index (χ4v) is 4.25. The van der Waals surface area contributed by atoms with E-state index in [9.17, 15) is 14.4 Å². The quantitative estimate of drug-likeness (QED) is 0.840. The van der Waals surface area contributed by atoms with Gasteiger partial charge in [0.25, 0.3) is 0 Å². The van der Waals surface area contributed by atoms with Gasteiger partial charge in [-0.25, -0.2) is 0 Å². The van der Waals surface area contributed by atoms with Gasteiger partial charge in [-0.3, -0.25) is 14.4 Å². The highest BCUT2D eigenvalue weighted by Gasteiger charge is 2.41. The van der Waals surface area contributed by atoms with E-state index < -0.39 is 0 Å². The molecule has 5 nitrogen and oxygen atoms in total. The third-order valence-electron chi connectivity index (χ3n) is 6.15. The fourth-order valence-electron chi connectivity index (χ4n) is 4.25. The van der Waals surface area contributed by atoms with E-state index in [4.69, 9.17) is 0 Å². The summed E-state index contributed by atoms with van der Waals surface area (Å²) in [5, 5.41) is 2.88. The predicted molar refractivity (Wildman–Crippen MR) is 101 cm³/mol. The number of carbonyl (C=O) groups is 3. The number of benzene rings is 1. The second-order valence-electron chi connectivity index (χ2n) is 7.90. The molecule has 0 bridgehead atoms. The minimum absolute atomic E-state index is 0.00395. The Balaban J connectivity index is 1.62. The van der Waals surface area contributed by atoms with Crippen molar-refractivity contribution in [3.63, 3.8) is 0 Å². The van der Waals surface area contributed by atoms with Gasteiger partial charge in [-0.05, 0) is 49.4 Å². The van der Waals surface area contributed by atoms with E-state index in [0.29, 0.717) is 29.6 Å². The molecule has 1 heterocycles. The number of hydrogen-bond acceptors (Lipinski definition) is 3. The molecule has 0 spiro atoms. The van der Waals surface area contributed by atoms with E-state index >= 15 is 0 Å². The molecule has 0 aromatic heterocycles. The summed E-state index contributed by atoms with van der Waals surface area (Å²) in [7, 11) is 0. The van der Waals surface area contributed by atoms with E-state index in [0.717, 1.165) is 12.8 Å². The molecule has 1 aliphatic carbocycles. The summed E-state index contributed by atoms with van der Waals surface area (Å²) in [5.74, 6) is 0.772. The third-order valence-corrected chi connectivity index (χ3v) is 6.15. The van der Waals surface area contributed by atoms with E-state index in [-0.39, 0.29) is 36.0 Å². The first kappa shape index (κ1) is 18.6. The number of Topliss-reactive ketones (excluding diaryl/α,β-unsaturated/α-hetero) is 1. The van der Waals surface area contributed by atoms with Crippen LogP contribution in [-0.2, 0) is 9.59 Å². The molecule has 2 amide bonds. The number of hydrogen-bond donors (Lipinski definition) is 1. The Bertz CT molecular complexity index is 698. The lowest BCUT2D eigenvalue weighted by Crippen LogP contribution is -2.45. The summed E-state index contributed by atoms with van der Waals surface area (Å²) < 4.78 is 0. The molecule has 0 radical (unpaired) electrons. The first-order valence-electron chi connectivity index (χ1n) is 9.58. The monoisotopic (exact) mass is 356 g/mol. The van der Waals surface area contributed by atoms with Crippen molar-refractivity contribution in [2.45, 2.75) is 52.5 Å². The lowest BCUT2D eigenvalue weighted by molar-refractivity contribution is -0.131. The van der Waals surface area contributed by atoms with Crippen LogP contribution in [-0.4, -0.2) is 35.1 Å². The molecule has 1 N–H and O–H groups in total. The van der Waals surface area contributed by atoms with Crippen molar-refractivity contribution in [2.24, 2.45) is 17.8 Å². The number of likely N-dealkylation sites (tertiary alicyclic amines) is 1. The van der Waals surface area contributed by atoms with Crippen molar-refractivity contribution in [1.29, 1.82) is 0 Å². The molecule has 140 valence electrons. The van der Waals surface area contributed by atoms with Crippen molar-refractivity contribution < 1.29 is 14.4 Å². The van der Waals surface area contributed by atoms with Gasteiger partial charge in [-0.1, -0.05) is 26.7 Å². The molecule has 5 heteroatoms. The fraction of sp³-hybridized carbons (Fsp3) is 0.571. The van der Waals surface area contributed by atoms with E-state index in [1.807, 2.05) is 4.90 Å². The number of nitrogens with one attached hydrogen (secondary N) is 1. The zero-order valence-corrected chi connectivity index (χ0v) is 15.8. The third kappa shape index (κ3) is 3.81. The molecule has 26 heavy (non-hydrogen) atoms. The summed E-state index contributed by atoms with van der Waals surface area (Å²) in [4.78, 5) is 38.4. The Morgan fingerprint density at radius 1 is 1.12 bits per heavy atom. The van der Waals surface area contributed by atoms with Crippen molar-refractivity contribution in [1.82, 2.24) is 4.90 Å². The van der Waals surface area contributed by atoms with Crippen molar-refractivity contribution in [3.8, 4) is 0 Å². The summed E-state index contributed by atoms with van der Waals surface area (Å²) in [6.45, 7) is 6.51. The predicted octanol–water partition coefficient (Wildman–Crippen LogP) is 3.50. The molecule has 2 fully saturated rings. The first-order chi connectivity index (χ1) is 12.4. The van der Waals surface area contributed by atoms with Gasteiger partial charge >= 0.3 is 0 Å². The summed E-state index contributed by atoms with van der Waals surface area (Å²) in [5.41, 5.74) is 1.27. The smallest absolute Gasteiger partial charge is 0.229 e. The van der Waals surface area contributed by atoms with Gasteiger partial charge in [-0.15, -0.1) is 0 Å². The van der Waals surface area contributed by atoms with E-state index in [1.165, 1.54) is 13.3 Å². The minimum Gasteiger partial charge on any atom is -0.339 e. The number of ketones is 1. The van der Waals surface area contributed by atoms with Crippen LogP contribution in [0.15, 0.2) is 24.3 Å². The van der Waals surface area contributed by atoms with Crippen molar-refractivity contribution in [2.75, 3.05) is 11.9 Å². The molecule has 2 aliphatic rings. The van der Waals surface area contributed by atoms with Crippen molar-refractivity contribution in [3.05, 3.63) is 29.8 Å². The molecule has 4 atom stereocenters. The van der Waals surface area contributed by atoms with Crippen LogP contribution >= 0.6 is 0 Å². The molecule has 1 saturated carbocycles. The van der Waals surface area contributed by atoms with Gasteiger partial charge in [0, 0.05) is 30.3 Å². The van der Waals surface area contributed by atoms with Gasteiger partial charge in [-0.2, -0.15) is 0 Å². The normalized spacial score (nSPS) is 28.9. The van der Waals surface area contributed by atoms with Gasteiger partial charge in [0.05, 0.1) is 5.92 Å². The summed E-state index contributed by atoms with van der Waals surface area (Å²) >= 11 is 0. The highest BCUT2D eigenvalue weighted by atomic mass is 16.2. The summed E-state index contributed by atoms with van der Waals surface area (Å²) in [6.07, 6.45) is 3.70. The van der Waals surface area contributed by atoms with Crippen LogP contribution in [0.5, 0.6) is 0 Å². The van der Waals surface area contributed by atoms with Gasteiger partial charge in [0.15, 0.2) is 5.78 Å². The molecule has 1 aliphatic heterocycles. The number of rotatable bonds is 4. The Labute approximate surface area is 155 Å². The maximum atomic E-state index is 12.6. The SMILES string of the molecule is CC(=O)c1ccc(NC(=O)[C@@H]2CC(=O)N([C@H]3CCC[C@H](C)[C@H]3C)C2)cc1. The lowest BCUT2D eigenvalue weighted by atomic mass is 9.77. The zero-order valence-electron chi connectivity index (χ0n) is 15.8. The minimum atomic E-state index is -0.306. The van der Waals surface area contributed by atoms with Gasteiger partial charge < -0.3 is 10.2 Å². The molecular formula is C21H28N2O3. The standard InChI is InChI=1S/C21H28N2O3/c1-13-5-4-6-19(14(13)2)23-12-17(11-20(23)25)21(26)22-18-9-7-16(8-10-18)15(3)24/h7-10,13-14,17,19H,4-6,11-12H2,1-3H3,(H,22,26)/t13-,14+,17+,19-/m0/s1. The molecule has 1 aromatic rings. The lowest BCUT2D eigenvalue weighted by Gasteiger charge is -2.40. The topological polar surface area (TPSA) is 66.5 Å². The van der Waals surface area contributed by atoms with Crippen LogP contribution in [0.2, 0.25) is 0 Å². The largest absolute Gasteiger partial charge is 0.339 e. The first-order valence-corrected chi connectivity index (χ1v) is 9.58. The molecule has 1 aromatic carbocycles. The number of anilines is 1. The number of carbonyl (C=O) groups excluding carboxylic acids is 3. The maximum Gasteiger partial charge on any atom is 0.229 e. The highest BCUT2D eigenvalue weighted by Crippen LogP contribution is 2.35. The van der Waals surface area contributed by atoms with Gasteiger partial charge in [0.2, 0.25) is 11.8 Å². The average molecular weight is 356 g/mol. The maximum absolute atomic E-state index is 12.6. The average Bonchev–Trinajstić information content (AvgIpc) is 2.99. The van der Waals surface area contributed by atoms with Crippen LogP contribution in [0.4, 0.5) is 5.69 Å². The Kier molecular flexibility index (Phi) is 5.44. The van der Waals surface area contributed by atoms with Gasteiger partial charge in [0.1, 0.15) is 0 Å². The number of amides is 2. The second kappa shape index (κ2) is 7.60. The van der Waals surface area contributed by atoms with Crippen LogP contribution in [0.25, 0.3) is 0 Å². The Morgan fingerprint density at radius 2 is 1.81 bits per heavy atom. The Hall–Kier alpha value is -2.17. The molecule has 3 rings (SSSR count). The summed E-state index contributed by atoms with van der Waals surface area (Å²) in [6, 6.07) is 7.13. The van der Waals surface area contributed by atoms with Crippen LogP contribution < -0.4 is 5.32 Å². The molecular weight excluding hydrogens is 328 g/mol. The zero-order chi connectivity index (χ0) is 18.8. The molecule has 1 saturated heterocycles. The number of nitrogens with zero attached hydrogens (tertiary/aromatic N) is 1. The second-order valence-corrected chi connectivity index (χ2v) is 7.90. The molecule has 0 unspecified atom stereocenters. The van der Waals surface area contributed by atoms with Crippen LogP contribution in [0.1, 0.15) is 56.8 Å². The Morgan fingerprint density at radius 3 is 2.46 bits per heavy atom. The van der Waals surface area contributed by atoms with Crippen LogP contribution in [0.3, 0.4) is 0 Å². The van der Waals surface area contributed by atoms with Crippen molar-refractivity contribution >= 4 is 23.3 Å². The van der Waals surface area contributed by atoms with E-state index in [2.05, 4.69) is 19.2 Å². The van der Waals surface area contributed by atoms with Crippen LogP contribution in [0, 0.1) is 17.8 Å².